The Morgan fingerprint density at radius 2 is 2.21 bits per heavy atom. The molecule has 1 aliphatic heterocycles. The summed E-state index contributed by atoms with van der Waals surface area (Å²) in [5.41, 5.74) is 0.451. The maximum atomic E-state index is 12.2. The Morgan fingerprint density at radius 1 is 1.47 bits per heavy atom. The first-order valence-corrected chi connectivity index (χ1v) is 7.28. The molecule has 1 aliphatic rings. The number of pyridine rings is 1. The van der Waals surface area contributed by atoms with Crippen molar-refractivity contribution in [3.8, 4) is 0 Å². The van der Waals surface area contributed by atoms with Crippen LogP contribution in [0.5, 0.6) is 0 Å². The number of rotatable bonds is 1. The Labute approximate surface area is 122 Å². The molecule has 1 aromatic rings. The largest absolute Gasteiger partial charge is 0.444 e. The van der Waals surface area contributed by atoms with E-state index in [0.717, 1.165) is 29.7 Å². The van der Waals surface area contributed by atoms with Crippen LogP contribution in [0.25, 0.3) is 0 Å². The van der Waals surface area contributed by atoms with Crippen LogP contribution in [0.4, 0.5) is 4.79 Å². The third-order valence-electron chi connectivity index (χ3n) is 2.96. The molecule has 0 aliphatic carbocycles. The smallest absolute Gasteiger partial charge is 0.410 e. The summed E-state index contributed by atoms with van der Waals surface area (Å²) in [5.74, 6) is 0. The van der Waals surface area contributed by atoms with Crippen LogP contribution in [-0.4, -0.2) is 28.1 Å². The van der Waals surface area contributed by atoms with Gasteiger partial charge in [0.2, 0.25) is 0 Å². The van der Waals surface area contributed by atoms with E-state index in [1.54, 1.807) is 4.90 Å². The van der Waals surface area contributed by atoms with Crippen molar-refractivity contribution in [2.24, 2.45) is 0 Å². The van der Waals surface area contributed by atoms with Gasteiger partial charge in [-0.3, -0.25) is 4.90 Å². The second-order valence-electron chi connectivity index (χ2n) is 5.72. The molecule has 1 amide bonds. The Bertz CT molecular complexity index is 471. The normalized spacial score (nSPS) is 19.6. The van der Waals surface area contributed by atoms with Crippen LogP contribution in [0.2, 0.25) is 0 Å². The second kappa shape index (κ2) is 5.49. The monoisotopic (exact) mass is 326 g/mol. The molecule has 0 saturated carbocycles. The number of carbonyl (C=O) groups is 1. The maximum Gasteiger partial charge on any atom is 0.410 e. The molecule has 2 heterocycles. The van der Waals surface area contributed by atoms with Crippen LogP contribution in [-0.2, 0) is 4.74 Å². The van der Waals surface area contributed by atoms with Crippen LogP contribution in [0, 0.1) is 0 Å². The molecule has 0 spiro atoms. The minimum atomic E-state index is -0.463. The number of hydrogen-bond acceptors (Lipinski definition) is 3. The molecule has 104 valence electrons. The van der Waals surface area contributed by atoms with Crippen molar-refractivity contribution >= 4 is 22.0 Å². The van der Waals surface area contributed by atoms with Gasteiger partial charge in [0.25, 0.3) is 0 Å². The van der Waals surface area contributed by atoms with Crippen molar-refractivity contribution in [2.75, 3.05) is 6.54 Å². The van der Waals surface area contributed by atoms with Crippen molar-refractivity contribution in [3.05, 3.63) is 28.5 Å². The molecule has 1 atom stereocenters. The first kappa shape index (κ1) is 14.3. The summed E-state index contributed by atoms with van der Waals surface area (Å²) in [5, 5.41) is 0. The van der Waals surface area contributed by atoms with Gasteiger partial charge in [-0.1, -0.05) is 6.07 Å². The number of ether oxygens (including phenoxy) is 1. The minimum absolute atomic E-state index is 0.0207. The van der Waals surface area contributed by atoms with Gasteiger partial charge in [0.15, 0.2) is 0 Å². The zero-order chi connectivity index (χ0) is 14.0. The topological polar surface area (TPSA) is 42.4 Å². The summed E-state index contributed by atoms with van der Waals surface area (Å²) in [7, 11) is 0. The van der Waals surface area contributed by atoms with E-state index < -0.39 is 5.60 Å². The number of halogens is 1. The molecule has 0 radical (unpaired) electrons. The zero-order valence-electron chi connectivity index (χ0n) is 11.5. The van der Waals surface area contributed by atoms with Gasteiger partial charge in [-0.25, -0.2) is 9.78 Å². The van der Waals surface area contributed by atoms with E-state index in [1.165, 1.54) is 0 Å². The lowest BCUT2D eigenvalue weighted by Crippen LogP contribution is -2.36. The van der Waals surface area contributed by atoms with Gasteiger partial charge in [0.1, 0.15) is 10.2 Å². The fourth-order valence-corrected chi connectivity index (χ4v) is 2.58. The first-order chi connectivity index (χ1) is 8.87. The highest BCUT2D eigenvalue weighted by molar-refractivity contribution is 9.10. The SMILES string of the molecule is CC(C)(C)OC(=O)N1CCCC1c1cccc(Br)n1. The molecular formula is C14H19BrN2O2. The fourth-order valence-electron chi connectivity index (χ4n) is 2.22. The van der Waals surface area contributed by atoms with Gasteiger partial charge in [0, 0.05) is 6.54 Å². The molecule has 1 fully saturated rings. The number of nitrogens with zero attached hydrogens (tertiary/aromatic N) is 2. The standard InChI is InChI=1S/C14H19BrN2O2/c1-14(2,3)19-13(18)17-9-5-7-11(17)10-6-4-8-12(15)16-10/h4,6,8,11H,5,7,9H2,1-3H3. The summed E-state index contributed by atoms with van der Waals surface area (Å²) in [4.78, 5) is 18.4. The highest BCUT2D eigenvalue weighted by Gasteiger charge is 2.33. The second-order valence-corrected chi connectivity index (χ2v) is 6.53. The highest BCUT2D eigenvalue weighted by Crippen LogP contribution is 2.32. The number of aromatic nitrogens is 1. The Hall–Kier alpha value is -1.10. The van der Waals surface area contributed by atoms with Gasteiger partial charge in [0.05, 0.1) is 11.7 Å². The number of carbonyl (C=O) groups excluding carboxylic acids is 1. The average molecular weight is 327 g/mol. The Kier molecular flexibility index (Phi) is 4.13. The summed E-state index contributed by atoms with van der Waals surface area (Å²) >= 11 is 3.37. The summed E-state index contributed by atoms with van der Waals surface area (Å²) < 4.78 is 6.24. The van der Waals surface area contributed by atoms with Crippen molar-refractivity contribution in [2.45, 2.75) is 45.3 Å². The van der Waals surface area contributed by atoms with Crippen LogP contribution in [0.15, 0.2) is 22.8 Å². The third kappa shape index (κ3) is 3.69. The first-order valence-electron chi connectivity index (χ1n) is 6.49. The van der Waals surface area contributed by atoms with E-state index in [0.29, 0.717) is 0 Å². The number of amides is 1. The Morgan fingerprint density at radius 3 is 2.84 bits per heavy atom. The molecule has 0 bridgehead atoms. The van der Waals surface area contributed by atoms with Crippen molar-refractivity contribution in [1.29, 1.82) is 0 Å². The van der Waals surface area contributed by atoms with Gasteiger partial charge in [-0.2, -0.15) is 0 Å². The van der Waals surface area contributed by atoms with E-state index in [1.807, 2.05) is 39.0 Å². The molecule has 5 heteroatoms. The third-order valence-corrected chi connectivity index (χ3v) is 3.40. The quantitative estimate of drug-likeness (QED) is 0.734. The molecule has 0 aromatic carbocycles. The summed E-state index contributed by atoms with van der Waals surface area (Å²) in [6.07, 6.45) is 1.66. The minimum Gasteiger partial charge on any atom is -0.444 e. The van der Waals surface area contributed by atoms with Crippen LogP contribution >= 0.6 is 15.9 Å². The summed E-state index contributed by atoms with van der Waals surface area (Å²) in [6.45, 7) is 6.38. The van der Waals surface area contributed by atoms with Gasteiger partial charge < -0.3 is 4.74 Å². The lowest BCUT2D eigenvalue weighted by molar-refractivity contribution is 0.0221. The van der Waals surface area contributed by atoms with E-state index in [2.05, 4.69) is 20.9 Å². The molecule has 1 unspecified atom stereocenters. The average Bonchev–Trinajstić information content (AvgIpc) is 2.75. The summed E-state index contributed by atoms with van der Waals surface area (Å²) in [6, 6.07) is 5.80. The van der Waals surface area contributed by atoms with Gasteiger partial charge in [-0.05, 0) is 61.7 Å². The molecule has 4 nitrogen and oxygen atoms in total. The Balaban J connectivity index is 2.15. The van der Waals surface area contributed by atoms with E-state index in [9.17, 15) is 4.79 Å². The predicted octanol–water partition coefficient (Wildman–Crippen LogP) is 3.92. The van der Waals surface area contributed by atoms with Crippen LogP contribution < -0.4 is 0 Å². The lowest BCUT2D eigenvalue weighted by Gasteiger charge is -2.28. The number of hydrogen-bond donors (Lipinski definition) is 0. The molecule has 2 rings (SSSR count). The van der Waals surface area contributed by atoms with Gasteiger partial charge >= 0.3 is 6.09 Å². The molecule has 1 saturated heterocycles. The molecule has 1 aromatic heterocycles. The van der Waals surface area contributed by atoms with E-state index in [4.69, 9.17) is 4.74 Å². The van der Waals surface area contributed by atoms with Crippen molar-refractivity contribution in [1.82, 2.24) is 9.88 Å². The van der Waals surface area contributed by atoms with Crippen LogP contribution in [0.3, 0.4) is 0 Å². The molecule has 0 N–H and O–H groups in total. The van der Waals surface area contributed by atoms with Crippen LogP contribution in [0.1, 0.15) is 45.3 Å². The predicted molar refractivity (Wildman–Crippen MR) is 76.9 cm³/mol. The number of likely N-dealkylation sites (tertiary alicyclic amines) is 1. The van der Waals surface area contributed by atoms with Crippen molar-refractivity contribution < 1.29 is 9.53 Å². The van der Waals surface area contributed by atoms with Crippen molar-refractivity contribution in [3.63, 3.8) is 0 Å². The highest BCUT2D eigenvalue weighted by atomic mass is 79.9. The zero-order valence-corrected chi connectivity index (χ0v) is 13.1. The fraction of sp³-hybridized carbons (Fsp3) is 0.571. The molecular weight excluding hydrogens is 308 g/mol. The van der Waals surface area contributed by atoms with E-state index >= 15 is 0 Å². The van der Waals surface area contributed by atoms with E-state index in [-0.39, 0.29) is 12.1 Å². The molecule has 19 heavy (non-hydrogen) atoms. The lowest BCUT2D eigenvalue weighted by atomic mass is 10.1. The maximum absolute atomic E-state index is 12.2. The van der Waals surface area contributed by atoms with Gasteiger partial charge in [-0.15, -0.1) is 0 Å².